The highest BCUT2D eigenvalue weighted by Gasteiger charge is 1.80. The van der Waals surface area contributed by atoms with E-state index in [-0.39, 0.29) is 0 Å². The van der Waals surface area contributed by atoms with Crippen LogP contribution >= 0.6 is 0 Å². The Morgan fingerprint density at radius 3 is 3.00 bits per heavy atom. The van der Waals surface area contributed by atoms with E-state index >= 15 is 0 Å². The topological polar surface area (TPSA) is 41.8 Å². The van der Waals surface area contributed by atoms with E-state index in [1.54, 1.807) is 0 Å². The Morgan fingerprint density at radius 1 is 1.60 bits per heavy atom. The summed E-state index contributed by atoms with van der Waals surface area (Å²) in [5.74, 6) is 0. The molecular formula is C7H13NO2. The van der Waals surface area contributed by atoms with E-state index in [0.717, 1.165) is 6.42 Å². The summed E-state index contributed by atoms with van der Waals surface area (Å²) in [6.45, 7) is 3.03. The zero-order valence-corrected chi connectivity index (χ0v) is 6.16. The Kier molecular flexibility index (Phi) is 7.49. The van der Waals surface area contributed by atoms with Crippen molar-refractivity contribution in [2.75, 3.05) is 13.2 Å². The minimum Gasteiger partial charge on any atom is -0.411 e. The molecule has 0 aromatic rings. The van der Waals surface area contributed by atoms with Crippen molar-refractivity contribution in [1.82, 2.24) is 0 Å². The lowest BCUT2D eigenvalue weighted by Crippen LogP contribution is -1.96. The number of oxime groups is 1. The van der Waals surface area contributed by atoms with Gasteiger partial charge in [0.25, 0.3) is 0 Å². The molecule has 0 amide bonds. The van der Waals surface area contributed by atoms with E-state index < -0.39 is 0 Å². The summed E-state index contributed by atoms with van der Waals surface area (Å²) in [6, 6.07) is 0. The maximum absolute atomic E-state index is 7.94. The molecule has 0 heterocycles. The number of hydrogen-bond acceptors (Lipinski definition) is 3. The smallest absolute Gasteiger partial charge is 0.0852 e. The van der Waals surface area contributed by atoms with Gasteiger partial charge in [0.15, 0.2) is 0 Å². The summed E-state index contributed by atoms with van der Waals surface area (Å²) >= 11 is 0. The molecule has 0 bridgehead atoms. The van der Waals surface area contributed by atoms with Gasteiger partial charge in [-0.15, -0.1) is 0 Å². The highest BCUT2D eigenvalue weighted by Crippen LogP contribution is 1.83. The van der Waals surface area contributed by atoms with Gasteiger partial charge in [0.1, 0.15) is 0 Å². The molecule has 0 radical (unpaired) electrons. The molecule has 0 fully saturated rings. The average Bonchev–Trinajstić information content (AvgIpc) is 1.97. The van der Waals surface area contributed by atoms with Crippen LogP contribution in [0.1, 0.15) is 13.3 Å². The Bertz CT molecular complexity index is 96.2. The normalized spacial score (nSPS) is 11.7. The summed E-state index contributed by atoms with van der Waals surface area (Å²) in [5.41, 5.74) is 0. The molecule has 0 aliphatic heterocycles. The van der Waals surface area contributed by atoms with Crippen LogP contribution in [0.15, 0.2) is 17.3 Å². The van der Waals surface area contributed by atoms with Crippen molar-refractivity contribution in [3.63, 3.8) is 0 Å². The van der Waals surface area contributed by atoms with Gasteiger partial charge in [-0.3, -0.25) is 0 Å². The lowest BCUT2D eigenvalue weighted by molar-refractivity contribution is 0.176. The first-order valence-corrected chi connectivity index (χ1v) is 3.26. The molecule has 0 rings (SSSR count). The van der Waals surface area contributed by atoms with Gasteiger partial charge in [-0.05, 0) is 13.3 Å². The van der Waals surface area contributed by atoms with Crippen LogP contribution in [0.5, 0.6) is 0 Å². The molecule has 10 heavy (non-hydrogen) atoms. The lowest BCUT2D eigenvalue weighted by atomic mass is 10.4. The molecule has 3 nitrogen and oxygen atoms in total. The van der Waals surface area contributed by atoms with E-state index in [4.69, 9.17) is 9.94 Å². The standard InChI is InChI=1S/C7H13NO2/c1-2-3-4-6-10-7-5-8-9/h2-3,5,9H,4,6-7H2,1H3. The van der Waals surface area contributed by atoms with E-state index in [9.17, 15) is 0 Å². The zero-order valence-electron chi connectivity index (χ0n) is 6.16. The Hall–Kier alpha value is -0.830. The van der Waals surface area contributed by atoms with Crippen LogP contribution in [0.2, 0.25) is 0 Å². The van der Waals surface area contributed by atoms with E-state index in [1.165, 1.54) is 6.21 Å². The van der Waals surface area contributed by atoms with E-state index in [1.807, 2.05) is 19.1 Å². The fourth-order valence-corrected chi connectivity index (χ4v) is 0.487. The molecular weight excluding hydrogens is 130 g/mol. The summed E-state index contributed by atoms with van der Waals surface area (Å²) in [4.78, 5) is 0. The summed E-state index contributed by atoms with van der Waals surface area (Å²) in [6.07, 6.45) is 6.23. The molecule has 0 aliphatic carbocycles. The van der Waals surface area contributed by atoms with Crippen LogP contribution in [0.25, 0.3) is 0 Å². The maximum atomic E-state index is 7.94. The molecule has 58 valence electrons. The van der Waals surface area contributed by atoms with Crippen LogP contribution in [0.3, 0.4) is 0 Å². The second-order valence-corrected chi connectivity index (χ2v) is 1.73. The van der Waals surface area contributed by atoms with E-state index in [2.05, 4.69) is 5.16 Å². The van der Waals surface area contributed by atoms with Crippen LogP contribution in [-0.2, 0) is 4.74 Å². The summed E-state index contributed by atoms with van der Waals surface area (Å²) < 4.78 is 5.02. The fraction of sp³-hybridized carbons (Fsp3) is 0.571. The molecule has 0 atom stereocenters. The highest BCUT2D eigenvalue weighted by molar-refractivity contribution is 5.57. The zero-order chi connectivity index (χ0) is 7.66. The van der Waals surface area contributed by atoms with Gasteiger partial charge in [-0.2, -0.15) is 0 Å². The van der Waals surface area contributed by atoms with Crippen molar-refractivity contribution in [3.8, 4) is 0 Å². The predicted molar refractivity (Wildman–Crippen MR) is 40.5 cm³/mol. The molecule has 0 aromatic carbocycles. The summed E-state index contributed by atoms with van der Waals surface area (Å²) in [5, 5.41) is 10.7. The second-order valence-electron chi connectivity index (χ2n) is 1.73. The molecule has 0 saturated heterocycles. The van der Waals surface area contributed by atoms with Gasteiger partial charge >= 0.3 is 0 Å². The van der Waals surface area contributed by atoms with Gasteiger partial charge in [-0.1, -0.05) is 17.3 Å². The van der Waals surface area contributed by atoms with Gasteiger partial charge in [-0.25, -0.2) is 0 Å². The van der Waals surface area contributed by atoms with Gasteiger partial charge < -0.3 is 9.94 Å². The van der Waals surface area contributed by atoms with Gasteiger partial charge in [0.05, 0.1) is 19.4 Å². The van der Waals surface area contributed by atoms with Crippen molar-refractivity contribution in [3.05, 3.63) is 12.2 Å². The van der Waals surface area contributed by atoms with Crippen LogP contribution < -0.4 is 0 Å². The molecule has 0 aliphatic rings. The van der Waals surface area contributed by atoms with E-state index in [0.29, 0.717) is 13.2 Å². The molecule has 3 heteroatoms. The Morgan fingerprint density at radius 2 is 2.40 bits per heavy atom. The van der Waals surface area contributed by atoms with Gasteiger partial charge in [0, 0.05) is 0 Å². The monoisotopic (exact) mass is 143 g/mol. The SMILES string of the molecule is CC=CCCOCC=NO. The number of ether oxygens (including phenoxy) is 1. The average molecular weight is 143 g/mol. The first kappa shape index (κ1) is 9.17. The first-order valence-electron chi connectivity index (χ1n) is 3.26. The molecule has 0 unspecified atom stereocenters. The first-order chi connectivity index (χ1) is 4.91. The Labute approximate surface area is 61.0 Å². The molecule has 0 spiro atoms. The molecule has 1 N–H and O–H groups in total. The second kappa shape index (κ2) is 8.17. The van der Waals surface area contributed by atoms with Crippen molar-refractivity contribution < 1.29 is 9.94 Å². The third-order valence-corrected chi connectivity index (χ3v) is 0.939. The van der Waals surface area contributed by atoms with Crippen LogP contribution in [-0.4, -0.2) is 24.6 Å². The van der Waals surface area contributed by atoms with Crippen molar-refractivity contribution in [2.45, 2.75) is 13.3 Å². The third kappa shape index (κ3) is 7.17. The quantitative estimate of drug-likeness (QED) is 0.208. The third-order valence-electron chi connectivity index (χ3n) is 0.939. The minimum atomic E-state index is 0.383. The number of allylic oxidation sites excluding steroid dienone is 1. The Balaban J connectivity index is 2.90. The van der Waals surface area contributed by atoms with Crippen LogP contribution in [0, 0.1) is 0 Å². The molecule has 0 aromatic heterocycles. The molecule has 0 saturated carbocycles. The minimum absolute atomic E-state index is 0.383. The van der Waals surface area contributed by atoms with Crippen molar-refractivity contribution >= 4 is 6.21 Å². The van der Waals surface area contributed by atoms with Crippen molar-refractivity contribution in [2.24, 2.45) is 5.16 Å². The highest BCUT2D eigenvalue weighted by atomic mass is 16.5. The summed E-state index contributed by atoms with van der Waals surface area (Å²) in [7, 11) is 0. The number of nitrogens with zero attached hydrogens (tertiary/aromatic N) is 1. The van der Waals surface area contributed by atoms with Gasteiger partial charge in [0.2, 0.25) is 0 Å². The maximum Gasteiger partial charge on any atom is 0.0852 e. The predicted octanol–water partition coefficient (Wildman–Crippen LogP) is 1.43. The largest absolute Gasteiger partial charge is 0.411 e. The van der Waals surface area contributed by atoms with Crippen molar-refractivity contribution in [1.29, 1.82) is 0 Å². The lowest BCUT2D eigenvalue weighted by Gasteiger charge is -1.94. The number of rotatable bonds is 5. The fourth-order valence-electron chi connectivity index (χ4n) is 0.487. The van der Waals surface area contributed by atoms with Crippen LogP contribution in [0.4, 0.5) is 0 Å². The number of hydrogen-bond donors (Lipinski definition) is 1.